The van der Waals surface area contributed by atoms with Gasteiger partial charge in [0.1, 0.15) is 5.75 Å². The van der Waals surface area contributed by atoms with Crippen molar-refractivity contribution in [1.82, 2.24) is 0 Å². The smallest absolute Gasteiger partial charge is 0.198 e. The summed E-state index contributed by atoms with van der Waals surface area (Å²) in [6, 6.07) is 10.7. The molecule has 2 aromatic carbocycles. The normalized spacial score (nSPS) is 10.1. The molecule has 102 valence electrons. The third-order valence-corrected chi connectivity index (χ3v) is 2.95. The Morgan fingerprint density at radius 3 is 2.15 bits per heavy atom. The molecule has 2 rings (SSSR count). The maximum absolute atomic E-state index is 13.7. The van der Waals surface area contributed by atoms with E-state index in [1.54, 1.807) is 24.3 Å². The molecule has 0 amide bonds. The highest BCUT2D eigenvalue weighted by molar-refractivity contribution is 6.17. The van der Waals surface area contributed by atoms with Crippen molar-refractivity contribution in [3.63, 3.8) is 0 Å². The number of hydrogen-bond acceptors (Lipinski definition) is 2. The molecule has 0 radical (unpaired) electrons. The van der Waals surface area contributed by atoms with Crippen LogP contribution in [0.2, 0.25) is 0 Å². The molecule has 0 fully saturated rings. The van der Waals surface area contributed by atoms with Gasteiger partial charge in [-0.2, -0.15) is 5.26 Å². The number of rotatable bonds is 4. The average molecular weight is 294 g/mol. The first-order valence-electron chi connectivity index (χ1n) is 5.81. The van der Waals surface area contributed by atoms with Gasteiger partial charge in [-0.3, -0.25) is 0 Å². The lowest BCUT2D eigenvalue weighted by atomic mass is 10.1. The van der Waals surface area contributed by atoms with Gasteiger partial charge in [-0.05, 0) is 35.4 Å². The fourth-order valence-corrected chi connectivity index (χ4v) is 1.83. The van der Waals surface area contributed by atoms with Crippen LogP contribution in [0.15, 0.2) is 36.4 Å². The summed E-state index contributed by atoms with van der Waals surface area (Å²) in [6.45, 7) is 0. The van der Waals surface area contributed by atoms with Crippen molar-refractivity contribution in [2.45, 2.75) is 12.3 Å². The van der Waals surface area contributed by atoms with Gasteiger partial charge in [0.15, 0.2) is 17.4 Å². The van der Waals surface area contributed by atoms with Crippen molar-refractivity contribution >= 4 is 11.6 Å². The van der Waals surface area contributed by atoms with Crippen LogP contribution in [0.4, 0.5) is 8.78 Å². The van der Waals surface area contributed by atoms with Crippen LogP contribution >= 0.6 is 11.6 Å². The van der Waals surface area contributed by atoms with Crippen LogP contribution in [0.3, 0.4) is 0 Å². The molecule has 0 aliphatic carbocycles. The number of hydrogen-bond donors (Lipinski definition) is 0. The van der Waals surface area contributed by atoms with E-state index < -0.39 is 17.4 Å². The number of alkyl halides is 1. The summed E-state index contributed by atoms with van der Waals surface area (Å²) in [4.78, 5) is 0. The number of ether oxygens (including phenoxy) is 1. The molecule has 0 atom stereocenters. The highest BCUT2D eigenvalue weighted by Gasteiger charge is 2.13. The number of nitriles is 1. The lowest BCUT2D eigenvalue weighted by molar-refractivity contribution is 0.406. The molecular formula is C15H10ClF2NO. The molecular weight excluding hydrogens is 284 g/mol. The van der Waals surface area contributed by atoms with Crippen LogP contribution in [-0.2, 0) is 12.3 Å². The van der Waals surface area contributed by atoms with E-state index in [1.807, 2.05) is 6.07 Å². The van der Waals surface area contributed by atoms with Gasteiger partial charge in [0.05, 0.1) is 12.5 Å². The Balaban J connectivity index is 2.24. The van der Waals surface area contributed by atoms with E-state index in [1.165, 1.54) is 0 Å². The third kappa shape index (κ3) is 3.25. The van der Waals surface area contributed by atoms with Gasteiger partial charge in [-0.1, -0.05) is 12.1 Å². The summed E-state index contributed by atoms with van der Waals surface area (Å²) in [7, 11) is 0. The summed E-state index contributed by atoms with van der Waals surface area (Å²) >= 11 is 5.53. The molecule has 5 heteroatoms. The van der Waals surface area contributed by atoms with Gasteiger partial charge in [-0.15, -0.1) is 11.6 Å². The Labute approximate surface area is 120 Å². The van der Waals surface area contributed by atoms with Gasteiger partial charge in [0.2, 0.25) is 0 Å². The van der Waals surface area contributed by atoms with Crippen LogP contribution in [0.25, 0.3) is 0 Å². The second-order valence-corrected chi connectivity index (χ2v) is 4.37. The van der Waals surface area contributed by atoms with Gasteiger partial charge < -0.3 is 4.74 Å². The Kier molecular flexibility index (Phi) is 4.54. The largest absolute Gasteiger partial charge is 0.451 e. The molecule has 0 N–H and O–H groups in total. The SMILES string of the molecule is N#CCc1ccc(Oc2c(F)cc(CCl)cc2F)cc1. The standard InChI is InChI=1S/C15H10ClF2NO/c16-9-11-7-13(17)15(14(18)8-11)20-12-3-1-10(2-4-12)5-6-19/h1-4,7-8H,5,9H2. The topological polar surface area (TPSA) is 33.0 Å². The van der Waals surface area contributed by atoms with E-state index in [-0.39, 0.29) is 12.3 Å². The molecule has 0 spiro atoms. The number of benzene rings is 2. The summed E-state index contributed by atoms with van der Waals surface area (Å²) in [6.07, 6.45) is 0.271. The zero-order valence-corrected chi connectivity index (χ0v) is 11.1. The predicted molar refractivity (Wildman–Crippen MR) is 71.7 cm³/mol. The second-order valence-electron chi connectivity index (χ2n) is 4.10. The second kappa shape index (κ2) is 6.36. The molecule has 0 saturated carbocycles. The molecule has 0 aliphatic rings. The van der Waals surface area contributed by atoms with Crippen molar-refractivity contribution < 1.29 is 13.5 Å². The average Bonchev–Trinajstić information content (AvgIpc) is 2.44. The molecule has 0 saturated heterocycles. The Morgan fingerprint density at radius 2 is 1.65 bits per heavy atom. The number of halogens is 3. The molecule has 0 bridgehead atoms. The fourth-order valence-electron chi connectivity index (χ4n) is 1.67. The molecule has 0 unspecified atom stereocenters. The van der Waals surface area contributed by atoms with Crippen LogP contribution < -0.4 is 4.74 Å². The van der Waals surface area contributed by atoms with E-state index in [0.29, 0.717) is 11.3 Å². The van der Waals surface area contributed by atoms with E-state index in [9.17, 15) is 8.78 Å². The monoisotopic (exact) mass is 293 g/mol. The van der Waals surface area contributed by atoms with Gasteiger partial charge >= 0.3 is 0 Å². The lowest BCUT2D eigenvalue weighted by Crippen LogP contribution is -1.95. The van der Waals surface area contributed by atoms with Crippen LogP contribution in [0.1, 0.15) is 11.1 Å². The zero-order chi connectivity index (χ0) is 14.5. The quantitative estimate of drug-likeness (QED) is 0.774. The molecule has 0 aliphatic heterocycles. The third-order valence-electron chi connectivity index (χ3n) is 2.64. The molecule has 2 aromatic rings. The van der Waals surface area contributed by atoms with Crippen molar-refractivity contribution in [2.75, 3.05) is 0 Å². The molecule has 0 heterocycles. The van der Waals surface area contributed by atoms with Crippen molar-refractivity contribution in [1.29, 1.82) is 5.26 Å². The minimum atomic E-state index is -0.804. The van der Waals surface area contributed by atoms with E-state index in [2.05, 4.69) is 0 Å². The highest BCUT2D eigenvalue weighted by Crippen LogP contribution is 2.29. The highest BCUT2D eigenvalue weighted by atomic mass is 35.5. The van der Waals surface area contributed by atoms with Gasteiger partial charge in [0.25, 0.3) is 0 Å². The first-order valence-corrected chi connectivity index (χ1v) is 6.35. The lowest BCUT2D eigenvalue weighted by Gasteiger charge is -2.09. The van der Waals surface area contributed by atoms with Crippen LogP contribution in [0, 0.1) is 23.0 Å². The molecule has 0 aromatic heterocycles. The van der Waals surface area contributed by atoms with Crippen molar-refractivity contribution in [2.24, 2.45) is 0 Å². The molecule has 20 heavy (non-hydrogen) atoms. The Hall–Kier alpha value is -2.12. The summed E-state index contributed by atoms with van der Waals surface area (Å²) in [5, 5.41) is 8.56. The summed E-state index contributed by atoms with van der Waals surface area (Å²) in [5.41, 5.74) is 1.15. The van der Waals surface area contributed by atoms with E-state index >= 15 is 0 Å². The first kappa shape index (κ1) is 14.3. The van der Waals surface area contributed by atoms with Crippen LogP contribution in [-0.4, -0.2) is 0 Å². The summed E-state index contributed by atoms with van der Waals surface area (Å²) < 4.78 is 32.6. The Morgan fingerprint density at radius 1 is 1.05 bits per heavy atom. The maximum atomic E-state index is 13.7. The Bertz CT molecular complexity index is 627. The van der Waals surface area contributed by atoms with E-state index in [0.717, 1.165) is 17.7 Å². The minimum Gasteiger partial charge on any atom is -0.451 e. The maximum Gasteiger partial charge on any atom is 0.198 e. The predicted octanol–water partition coefficient (Wildman–Crippen LogP) is 4.56. The zero-order valence-electron chi connectivity index (χ0n) is 10.4. The molecule has 2 nitrogen and oxygen atoms in total. The number of nitrogens with zero attached hydrogens (tertiary/aromatic N) is 1. The fraction of sp³-hybridized carbons (Fsp3) is 0.133. The summed E-state index contributed by atoms with van der Waals surface area (Å²) in [5.74, 6) is -1.75. The first-order chi connectivity index (χ1) is 9.63. The van der Waals surface area contributed by atoms with Gasteiger partial charge in [-0.25, -0.2) is 8.78 Å². The van der Waals surface area contributed by atoms with Crippen molar-refractivity contribution in [3.05, 3.63) is 59.2 Å². The van der Waals surface area contributed by atoms with Crippen molar-refractivity contribution in [3.8, 4) is 17.6 Å². The van der Waals surface area contributed by atoms with E-state index in [4.69, 9.17) is 21.6 Å². The van der Waals surface area contributed by atoms with Crippen LogP contribution in [0.5, 0.6) is 11.5 Å². The minimum absolute atomic E-state index is 0.0248. The van der Waals surface area contributed by atoms with Gasteiger partial charge in [0, 0.05) is 5.88 Å².